The highest BCUT2D eigenvalue weighted by Gasteiger charge is 2.84. The summed E-state index contributed by atoms with van der Waals surface area (Å²) in [7, 11) is 0. The highest BCUT2D eigenvalue weighted by molar-refractivity contribution is 6.76. The number of amides is 1. The summed E-state index contributed by atoms with van der Waals surface area (Å²) in [4.78, 5) is 102. The van der Waals surface area contributed by atoms with Gasteiger partial charge < -0.3 is 38.8 Å². The SMILES string of the molecule is C.C#CCOC(=N)C(Cl)(Cl)Cl.C=C(C(=O)[C@H](OC(C)=O)[C@@H](C)[C@H]1[C@@H](OC(C)=O)C[C@@]2(C)[C@@H]3CC[C@H]4[C@H](C)C(=O)C=C[C@@]45C[C@@]35CC[C@]12C)[C@@H](C)CO.CC(=O)O[C@H]1C[C@@]2(C)[C@@H]3CC[C@H]4[C@H](C)C(=O)C=C[C@@]45C[C@@]35CC[C@]2(C)[C@H]1[C@H](C)[C@@H](OC(C)=O)C1=C(CNC(=O)C(Cl)(Cl)Cl)[C@@H](C)CO1. The summed E-state index contributed by atoms with van der Waals surface area (Å²) in [5.74, 6) is -0.0982. The first-order chi connectivity index (χ1) is 45.4. The maximum absolute atomic E-state index is 13.7. The molecule has 10 aliphatic carbocycles. The van der Waals surface area contributed by atoms with E-state index >= 15 is 0 Å². The Morgan fingerprint density at radius 3 is 1.57 bits per heavy atom. The number of carbonyl (C=O) groups is 8. The number of hydrogen-bond donors (Lipinski definition) is 3. The van der Waals surface area contributed by atoms with Crippen LogP contribution in [0.2, 0.25) is 0 Å². The standard InChI is InChI=1S/C36H48Cl3NO7.C34H48O7.C5H4Cl3NO.CH4/c1-18-16-45-30(23(18)15-40-31(44)36(37,38)39)29(47-22(5)42)20(3)28-26(46-21(4)41)14-33(7)27-9-8-24-19(2)25(43)10-11-34(24)17-35(27,34)13-12-32(28,33)6;1-18(16-35)19(2)29(39)30(41-23(6)37)21(4)28-26(40-22(5)36)15-32(8)27-10-9-24-20(3)25(38)11-12-33(24)17-34(27,33)14-13-31(28,32)7;1-2-3-10-4(9)5(6,7)8;/h10-11,18-20,24,26-29H,8-9,12-17H2,1-7H3,(H,40,44);11-12,18,20-21,24,26-28,30,35H,2,9-10,13-17H2,1,3-8H3;1,9H,3H2;1H4/t18-,19-,20-,24-,26-,27-,28-,29+,32+,33-,34+,35-;18-,20-,21-,24-,26-,27-,28-,30+,31+,32-,33+,34-;;/m00../s1. The zero-order valence-corrected chi connectivity index (χ0v) is 63.6. The number of halogens is 6. The molecule has 17 nitrogen and oxygen atoms in total. The summed E-state index contributed by atoms with van der Waals surface area (Å²) in [6, 6.07) is 0. The fourth-order valence-corrected chi connectivity index (χ4v) is 23.4. The lowest BCUT2D eigenvalue weighted by atomic mass is 9.43. The van der Waals surface area contributed by atoms with Crippen molar-refractivity contribution in [2.75, 3.05) is 26.4 Å². The van der Waals surface area contributed by atoms with Gasteiger partial charge in [-0.25, -0.2) is 0 Å². The van der Waals surface area contributed by atoms with Gasteiger partial charge in [0.2, 0.25) is 5.90 Å². The lowest BCUT2D eigenvalue weighted by molar-refractivity contribution is -0.166. The number of carbonyl (C=O) groups excluding carboxylic acids is 8. The first-order valence-corrected chi connectivity index (χ1v) is 37.1. The van der Waals surface area contributed by atoms with Crippen LogP contribution in [-0.4, -0.2) is 117 Å². The molecule has 4 spiro atoms. The Balaban J connectivity index is 0.000000221. The third kappa shape index (κ3) is 13.5. The van der Waals surface area contributed by atoms with Gasteiger partial charge in [-0.15, -0.1) is 6.42 Å². The van der Waals surface area contributed by atoms with E-state index in [9.17, 15) is 43.5 Å². The van der Waals surface area contributed by atoms with E-state index in [1.807, 2.05) is 26.0 Å². The first-order valence-electron chi connectivity index (χ1n) is 34.8. The molecule has 0 unspecified atom stereocenters. The van der Waals surface area contributed by atoms with E-state index in [2.05, 4.69) is 83.2 Å². The number of allylic oxidation sites excluding steroid dienone is 4. The lowest BCUT2D eigenvalue weighted by Gasteiger charge is -2.61. The molecular formula is C76H104Cl6N2O15. The number of rotatable bonds is 16. The number of aliphatic hydroxyl groups excluding tert-OH is 1. The number of terminal acetylenes is 1. The van der Waals surface area contributed by atoms with Gasteiger partial charge in [0, 0.05) is 88.2 Å². The molecule has 1 aliphatic heterocycles. The number of hydrogen-bond acceptors (Lipinski definition) is 16. The number of nitrogens with one attached hydrogen (secondary N) is 2. The Labute approximate surface area is 615 Å². The molecule has 550 valence electrons. The zero-order chi connectivity index (χ0) is 73.0. The second kappa shape index (κ2) is 28.7. The number of aliphatic hydroxyl groups is 1. The molecule has 8 saturated carbocycles. The third-order valence-corrected chi connectivity index (χ3v) is 28.8. The largest absolute Gasteiger partial charge is 0.493 e. The molecule has 1 amide bonds. The van der Waals surface area contributed by atoms with Gasteiger partial charge in [-0.1, -0.05) is 171 Å². The van der Waals surface area contributed by atoms with Crippen molar-refractivity contribution in [3.63, 3.8) is 0 Å². The fraction of sp³-hybridized carbons (Fsp3) is 0.750. The predicted molar refractivity (Wildman–Crippen MR) is 381 cm³/mol. The van der Waals surface area contributed by atoms with Gasteiger partial charge in [-0.05, 0) is 167 Å². The molecule has 23 heteroatoms. The smallest absolute Gasteiger partial charge is 0.303 e. The zero-order valence-electron chi connectivity index (χ0n) is 59.1. The molecule has 0 saturated heterocycles. The number of esters is 4. The van der Waals surface area contributed by atoms with Crippen LogP contribution in [0, 0.1) is 132 Å². The van der Waals surface area contributed by atoms with Crippen molar-refractivity contribution in [1.29, 1.82) is 5.41 Å². The van der Waals surface area contributed by atoms with E-state index in [4.69, 9.17) is 105 Å². The van der Waals surface area contributed by atoms with Crippen LogP contribution in [0.5, 0.6) is 0 Å². The van der Waals surface area contributed by atoms with Gasteiger partial charge in [-0.3, -0.25) is 43.8 Å². The van der Waals surface area contributed by atoms with E-state index in [1.54, 1.807) is 6.92 Å². The van der Waals surface area contributed by atoms with Gasteiger partial charge in [-0.2, -0.15) is 0 Å². The molecule has 0 aromatic rings. The van der Waals surface area contributed by atoms with Crippen molar-refractivity contribution in [3.8, 4) is 12.3 Å². The van der Waals surface area contributed by atoms with Crippen molar-refractivity contribution in [1.82, 2.24) is 5.32 Å². The molecule has 3 N–H and O–H groups in total. The Kier molecular flexibility index (Phi) is 23.4. The van der Waals surface area contributed by atoms with Gasteiger partial charge in [0.1, 0.15) is 24.6 Å². The normalized spacial score (nSPS) is 39.8. The molecule has 0 radical (unpaired) electrons. The highest BCUT2D eigenvalue weighted by atomic mass is 35.6. The quantitative estimate of drug-likeness (QED) is 0.0247. The molecule has 8 fully saturated rings. The van der Waals surface area contributed by atoms with Crippen LogP contribution >= 0.6 is 69.6 Å². The maximum Gasteiger partial charge on any atom is 0.303 e. The van der Waals surface area contributed by atoms with E-state index in [-0.39, 0.29) is 147 Å². The number of ketones is 3. The van der Waals surface area contributed by atoms with Crippen LogP contribution in [-0.2, 0) is 66.8 Å². The van der Waals surface area contributed by atoms with Crippen molar-refractivity contribution in [3.05, 3.63) is 47.8 Å². The minimum atomic E-state index is -2.12. The Bertz CT molecular complexity index is 3410. The minimum Gasteiger partial charge on any atom is -0.493 e. The molecule has 24 atom stereocenters. The van der Waals surface area contributed by atoms with Gasteiger partial charge in [0.05, 0.1) is 6.61 Å². The summed E-state index contributed by atoms with van der Waals surface area (Å²) >= 11 is 33.1. The maximum atomic E-state index is 13.7. The van der Waals surface area contributed by atoms with Crippen molar-refractivity contribution >= 4 is 123 Å². The van der Waals surface area contributed by atoms with Crippen LogP contribution in [0.3, 0.4) is 0 Å². The summed E-state index contributed by atoms with van der Waals surface area (Å²) in [6.07, 6.45) is 22.1. The third-order valence-electron chi connectivity index (χ3n) is 27.7. The summed E-state index contributed by atoms with van der Waals surface area (Å²) in [5.41, 5.74) is 0.584. The van der Waals surface area contributed by atoms with E-state index in [0.717, 1.165) is 76.2 Å². The number of fused-ring (bicyclic) bond motifs is 4. The van der Waals surface area contributed by atoms with E-state index in [1.165, 1.54) is 27.7 Å². The number of ether oxygens (including phenoxy) is 6. The molecule has 11 aliphatic rings. The first kappa shape index (κ1) is 80.5. The van der Waals surface area contributed by atoms with Crippen molar-refractivity contribution < 1.29 is 71.9 Å². The Hall–Kier alpha value is -4.15. The average molecular weight is 1500 g/mol. The van der Waals surface area contributed by atoms with Crippen LogP contribution in [0.15, 0.2) is 47.8 Å². The van der Waals surface area contributed by atoms with Crippen LogP contribution in [0.1, 0.15) is 181 Å². The van der Waals surface area contributed by atoms with Crippen LogP contribution in [0.25, 0.3) is 0 Å². The summed E-state index contributed by atoms with van der Waals surface area (Å²) in [5, 5.41) is 19.3. The molecule has 0 bridgehead atoms. The Morgan fingerprint density at radius 1 is 0.707 bits per heavy atom. The second-order valence-corrected chi connectivity index (χ2v) is 36.6. The van der Waals surface area contributed by atoms with E-state index in [0.29, 0.717) is 42.5 Å². The topological polar surface area (TPSA) is 248 Å². The fourth-order valence-electron chi connectivity index (χ4n) is 23.0. The number of alkyl halides is 6. The molecule has 99 heavy (non-hydrogen) atoms. The lowest BCUT2D eigenvalue weighted by Crippen LogP contribution is -2.56. The van der Waals surface area contributed by atoms with Gasteiger partial charge in [0.25, 0.3) is 13.5 Å². The van der Waals surface area contributed by atoms with Crippen molar-refractivity contribution in [2.45, 2.75) is 213 Å². The number of Topliss-reactive ketones (excluding diaryl/α,β-unsaturated/α-hetero) is 1. The van der Waals surface area contributed by atoms with E-state index < -0.39 is 61.5 Å². The molecular weight excluding hydrogens is 1390 g/mol. The van der Waals surface area contributed by atoms with Crippen LogP contribution < -0.4 is 5.32 Å². The second-order valence-electron chi connectivity index (χ2n) is 32.0. The monoisotopic (exact) mass is 1490 g/mol. The molecule has 1 heterocycles. The van der Waals surface area contributed by atoms with Crippen molar-refractivity contribution in [2.24, 2.45) is 114 Å². The Morgan fingerprint density at radius 2 is 1.16 bits per heavy atom. The average Bonchev–Trinajstić information content (AvgIpc) is 1.48. The molecule has 0 aromatic carbocycles. The van der Waals surface area contributed by atoms with Crippen LogP contribution in [0.4, 0.5) is 0 Å². The predicted octanol–water partition coefficient (Wildman–Crippen LogP) is 14.8. The summed E-state index contributed by atoms with van der Waals surface area (Å²) in [6.45, 7) is 31.0. The van der Waals surface area contributed by atoms with Gasteiger partial charge >= 0.3 is 23.9 Å². The van der Waals surface area contributed by atoms with Gasteiger partial charge in [0.15, 0.2) is 29.6 Å². The molecule has 11 rings (SSSR count). The highest BCUT2D eigenvalue weighted by Crippen LogP contribution is 2.89. The summed E-state index contributed by atoms with van der Waals surface area (Å²) < 4.78 is 31.0. The minimum absolute atomic E-state index is 0. The molecule has 0 aromatic heterocycles.